The molecule has 1 aromatic carbocycles. The van der Waals surface area contributed by atoms with E-state index in [-0.39, 0.29) is 11.8 Å². The minimum atomic E-state index is -0.377. The summed E-state index contributed by atoms with van der Waals surface area (Å²) in [5.74, 6) is 0.363. The topological polar surface area (TPSA) is 66.4 Å². The molecule has 7 rings (SSSR count). The van der Waals surface area contributed by atoms with Gasteiger partial charge in [-0.05, 0) is 69.7 Å². The average Bonchev–Trinajstić information content (AvgIpc) is 3.62. The maximum Gasteiger partial charge on any atom is 0.319 e. The monoisotopic (exact) mass is 488 g/mol. The molecule has 0 radical (unpaired) electrons. The number of halogens is 1. The molecule has 0 spiro atoms. The predicted molar refractivity (Wildman–Crippen MR) is 138 cm³/mol. The number of hydrogen-bond acceptors (Lipinski definition) is 7. The fourth-order valence-corrected chi connectivity index (χ4v) is 6.69. The van der Waals surface area contributed by atoms with Crippen LogP contribution in [-0.4, -0.2) is 71.3 Å². The van der Waals surface area contributed by atoms with E-state index >= 15 is 4.39 Å². The maximum absolute atomic E-state index is 16.3. The molecule has 4 aliphatic rings. The number of fused-ring (bicyclic) bond motifs is 4. The van der Waals surface area contributed by atoms with Crippen molar-refractivity contribution >= 4 is 16.7 Å². The molecule has 2 aromatic heterocycles. The number of aromatic nitrogens is 3. The largest absolute Gasteiger partial charge is 0.462 e. The molecule has 7 nitrogen and oxygen atoms in total. The van der Waals surface area contributed by atoms with Crippen LogP contribution in [0.2, 0.25) is 0 Å². The summed E-state index contributed by atoms with van der Waals surface area (Å²) in [6.07, 6.45) is 9.48. The third-order valence-corrected chi connectivity index (χ3v) is 8.64. The smallest absolute Gasteiger partial charge is 0.319 e. The van der Waals surface area contributed by atoms with E-state index in [1.54, 1.807) is 6.20 Å². The van der Waals surface area contributed by atoms with Crippen LogP contribution in [0.25, 0.3) is 22.2 Å². The summed E-state index contributed by atoms with van der Waals surface area (Å²) >= 11 is 0. The van der Waals surface area contributed by atoms with E-state index in [4.69, 9.17) is 9.72 Å². The van der Waals surface area contributed by atoms with Gasteiger partial charge in [-0.15, -0.1) is 0 Å². The number of pyridine rings is 1. The molecule has 3 fully saturated rings. The van der Waals surface area contributed by atoms with Gasteiger partial charge in [-0.2, -0.15) is 9.97 Å². The van der Waals surface area contributed by atoms with Crippen LogP contribution in [0.3, 0.4) is 0 Å². The van der Waals surface area contributed by atoms with Gasteiger partial charge in [-0.25, -0.2) is 4.39 Å². The first-order valence-corrected chi connectivity index (χ1v) is 13.5. The second-order valence-corrected chi connectivity index (χ2v) is 10.9. The highest BCUT2D eigenvalue weighted by atomic mass is 19.1. The van der Waals surface area contributed by atoms with E-state index in [0.717, 1.165) is 69.5 Å². The number of hydrogen-bond donors (Lipinski definition) is 1. The highest BCUT2D eigenvalue weighted by molar-refractivity contribution is 5.92. The lowest BCUT2D eigenvalue weighted by molar-refractivity contribution is 0.188. The summed E-state index contributed by atoms with van der Waals surface area (Å²) in [6, 6.07) is 7.63. The van der Waals surface area contributed by atoms with Crippen LogP contribution >= 0.6 is 0 Å². The summed E-state index contributed by atoms with van der Waals surface area (Å²) < 4.78 is 22.4. The van der Waals surface area contributed by atoms with E-state index < -0.39 is 0 Å². The Morgan fingerprint density at radius 2 is 1.94 bits per heavy atom. The Balaban J connectivity index is 1.32. The van der Waals surface area contributed by atoms with Gasteiger partial charge >= 0.3 is 6.01 Å². The third kappa shape index (κ3) is 3.82. The lowest BCUT2D eigenvalue weighted by Crippen LogP contribution is -2.51. The van der Waals surface area contributed by atoms with E-state index in [9.17, 15) is 0 Å². The SMILES string of the molecule is CN1CCC[C@H]1COc1nc(N2CC3CCC(C2)N3)c2cnc(-c3cccc4c3CCC4)c(F)c2n1. The van der Waals surface area contributed by atoms with Gasteiger partial charge in [0.1, 0.15) is 23.6 Å². The van der Waals surface area contributed by atoms with Crippen molar-refractivity contribution in [2.45, 2.75) is 63.1 Å². The van der Waals surface area contributed by atoms with Crippen molar-refractivity contribution in [3.8, 4) is 17.3 Å². The number of piperazine rings is 1. The van der Waals surface area contributed by atoms with Gasteiger partial charge in [0.25, 0.3) is 0 Å². The molecule has 2 bridgehead atoms. The molecule has 0 saturated carbocycles. The number of nitrogens with zero attached hydrogens (tertiary/aromatic N) is 5. The Kier molecular flexibility index (Phi) is 5.54. The van der Waals surface area contributed by atoms with Gasteiger partial charge in [-0.1, -0.05) is 18.2 Å². The Hall–Kier alpha value is -2.84. The van der Waals surface area contributed by atoms with Crippen LogP contribution in [0.1, 0.15) is 43.2 Å². The maximum atomic E-state index is 16.3. The van der Waals surface area contributed by atoms with Crippen LogP contribution in [0.4, 0.5) is 10.2 Å². The van der Waals surface area contributed by atoms with Crippen LogP contribution < -0.4 is 15.0 Å². The van der Waals surface area contributed by atoms with E-state index in [2.05, 4.69) is 38.2 Å². The summed E-state index contributed by atoms with van der Waals surface area (Å²) in [6.45, 7) is 3.29. The zero-order valence-corrected chi connectivity index (χ0v) is 20.8. The summed E-state index contributed by atoms with van der Waals surface area (Å²) in [7, 11) is 2.13. The Morgan fingerprint density at radius 3 is 2.75 bits per heavy atom. The van der Waals surface area contributed by atoms with Crippen molar-refractivity contribution in [1.82, 2.24) is 25.2 Å². The highest BCUT2D eigenvalue weighted by Crippen LogP contribution is 2.37. The number of ether oxygens (including phenoxy) is 1. The van der Waals surface area contributed by atoms with Crippen molar-refractivity contribution in [1.29, 1.82) is 0 Å². The van der Waals surface area contributed by atoms with Crippen LogP contribution in [0.5, 0.6) is 6.01 Å². The number of rotatable bonds is 5. The van der Waals surface area contributed by atoms with Crippen molar-refractivity contribution in [2.24, 2.45) is 0 Å². The van der Waals surface area contributed by atoms with Crippen LogP contribution in [0, 0.1) is 5.82 Å². The first-order valence-electron chi connectivity index (χ1n) is 13.5. The number of nitrogens with one attached hydrogen (secondary N) is 1. The molecule has 188 valence electrons. The quantitative estimate of drug-likeness (QED) is 0.587. The predicted octanol–water partition coefficient (Wildman–Crippen LogP) is 3.73. The van der Waals surface area contributed by atoms with Crippen molar-refractivity contribution in [2.75, 3.05) is 38.2 Å². The molecule has 3 saturated heterocycles. The van der Waals surface area contributed by atoms with Gasteiger partial charge < -0.3 is 19.9 Å². The normalized spacial score (nSPS) is 25.6. The van der Waals surface area contributed by atoms with E-state index in [1.165, 1.54) is 17.5 Å². The van der Waals surface area contributed by atoms with Crippen LogP contribution in [0.15, 0.2) is 24.4 Å². The van der Waals surface area contributed by atoms with Gasteiger partial charge in [0, 0.05) is 43.0 Å². The summed E-state index contributed by atoms with van der Waals surface area (Å²) in [4.78, 5) is 18.7. The summed E-state index contributed by atoms with van der Waals surface area (Å²) in [5.41, 5.74) is 4.10. The fourth-order valence-electron chi connectivity index (χ4n) is 6.69. The number of benzene rings is 1. The molecule has 3 aliphatic heterocycles. The van der Waals surface area contributed by atoms with Gasteiger partial charge in [0.05, 0.1) is 5.39 Å². The first-order chi connectivity index (χ1) is 17.6. The lowest BCUT2D eigenvalue weighted by atomic mass is 9.99. The van der Waals surface area contributed by atoms with Gasteiger partial charge in [0.15, 0.2) is 5.82 Å². The first kappa shape index (κ1) is 22.4. The molecule has 0 amide bonds. The molecule has 5 heterocycles. The standard InChI is InChI=1S/C28H33FN6O/c1-34-12-4-7-20(34)16-36-28-32-26-23(27(33-28)35-14-18-10-11-19(15-35)31-18)13-30-25(24(26)29)22-9-3-6-17-5-2-8-21(17)22/h3,6,9,13,18-20,31H,2,4-5,7-8,10-12,14-16H2,1H3/t18?,19?,20-/m0/s1. The minimum absolute atomic E-state index is 0.262. The molecule has 3 aromatic rings. The van der Waals surface area contributed by atoms with Crippen molar-refractivity contribution < 1.29 is 9.13 Å². The molecule has 3 atom stereocenters. The molecule has 1 N–H and O–H groups in total. The van der Waals surface area contributed by atoms with E-state index in [0.29, 0.717) is 41.3 Å². The zero-order valence-electron chi connectivity index (χ0n) is 20.8. The fraction of sp³-hybridized carbons (Fsp3) is 0.536. The number of aryl methyl sites for hydroxylation is 1. The Bertz CT molecular complexity index is 1300. The lowest BCUT2D eigenvalue weighted by Gasteiger charge is -2.34. The molecule has 36 heavy (non-hydrogen) atoms. The van der Waals surface area contributed by atoms with Crippen molar-refractivity contribution in [3.63, 3.8) is 0 Å². The Labute approximate surface area is 211 Å². The van der Waals surface area contributed by atoms with Gasteiger partial charge in [0.2, 0.25) is 0 Å². The van der Waals surface area contributed by atoms with Crippen LogP contribution in [-0.2, 0) is 12.8 Å². The second kappa shape index (κ2) is 8.92. The average molecular weight is 489 g/mol. The number of likely N-dealkylation sites (tertiary alicyclic amines) is 1. The second-order valence-electron chi connectivity index (χ2n) is 10.9. The summed E-state index contributed by atoms with van der Waals surface area (Å²) in [5, 5.41) is 4.34. The third-order valence-electron chi connectivity index (χ3n) is 8.64. The van der Waals surface area contributed by atoms with E-state index in [1.807, 2.05) is 12.1 Å². The highest BCUT2D eigenvalue weighted by Gasteiger charge is 2.34. The van der Waals surface area contributed by atoms with Crippen molar-refractivity contribution in [3.05, 3.63) is 41.3 Å². The molecular formula is C28H33FN6O. The minimum Gasteiger partial charge on any atom is -0.462 e. The molecule has 1 aliphatic carbocycles. The Morgan fingerprint density at radius 1 is 1.08 bits per heavy atom. The molecular weight excluding hydrogens is 455 g/mol. The number of likely N-dealkylation sites (N-methyl/N-ethyl adjacent to an activating group) is 1. The van der Waals surface area contributed by atoms with Gasteiger partial charge in [-0.3, -0.25) is 4.98 Å². The number of anilines is 1. The molecule has 2 unspecified atom stereocenters. The molecule has 8 heteroatoms. The zero-order chi connectivity index (χ0) is 24.2.